The molecular formula is C30H40O6. The molecule has 0 aromatic heterocycles. The van der Waals surface area contributed by atoms with Crippen molar-refractivity contribution in [2.45, 2.75) is 95.5 Å². The van der Waals surface area contributed by atoms with Crippen molar-refractivity contribution in [2.24, 2.45) is 28.6 Å². The average molecular weight is 497 g/mol. The molecule has 4 saturated carbocycles. The van der Waals surface area contributed by atoms with Crippen molar-refractivity contribution in [1.82, 2.24) is 0 Å². The van der Waals surface area contributed by atoms with Crippen LogP contribution in [0.4, 0.5) is 0 Å². The Hall–Kier alpha value is -2.02. The first-order chi connectivity index (χ1) is 17.0. The number of Topliss-reactive ketones (excluding diaryl/α,β-unsaturated/α-hetero) is 1. The van der Waals surface area contributed by atoms with Gasteiger partial charge < -0.3 is 20.1 Å². The first-order valence-corrected chi connectivity index (χ1v) is 13.5. The van der Waals surface area contributed by atoms with Crippen molar-refractivity contribution in [3.63, 3.8) is 0 Å². The third kappa shape index (κ3) is 3.55. The molecule has 4 fully saturated rings. The van der Waals surface area contributed by atoms with Crippen molar-refractivity contribution >= 4 is 17.8 Å². The van der Waals surface area contributed by atoms with E-state index in [-0.39, 0.29) is 29.1 Å². The molecule has 6 heteroatoms. The molecule has 4 aliphatic rings. The summed E-state index contributed by atoms with van der Waals surface area (Å²) < 4.78 is 6.12. The van der Waals surface area contributed by atoms with Crippen LogP contribution in [-0.4, -0.2) is 50.5 Å². The Morgan fingerprint density at radius 1 is 1.00 bits per heavy atom. The highest BCUT2D eigenvalue weighted by Gasteiger charge is 2.77. The highest BCUT2D eigenvalue weighted by molar-refractivity contribution is 5.87. The quantitative estimate of drug-likeness (QED) is 0.429. The van der Waals surface area contributed by atoms with E-state index in [1.54, 1.807) is 6.08 Å². The molecule has 1 aromatic rings. The molecule has 0 spiro atoms. The number of hydrogen-bond donors (Lipinski definition) is 3. The lowest BCUT2D eigenvalue weighted by Gasteiger charge is -2.68. The van der Waals surface area contributed by atoms with Gasteiger partial charge in [-0.25, -0.2) is 4.79 Å². The van der Waals surface area contributed by atoms with Crippen molar-refractivity contribution < 1.29 is 29.6 Å². The Bertz CT molecular complexity index is 1050. The van der Waals surface area contributed by atoms with Crippen LogP contribution in [0.15, 0.2) is 36.4 Å². The second-order valence-corrected chi connectivity index (χ2v) is 12.4. The number of hydrogen-bond acceptors (Lipinski definition) is 6. The van der Waals surface area contributed by atoms with Gasteiger partial charge in [-0.2, -0.15) is 0 Å². The lowest BCUT2D eigenvalue weighted by molar-refractivity contribution is -0.320. The molecule has 0 bridgehead atoms. The Morgan fingerprint density at radius 2 is 1.72 bits per heavy atom. The number of esters is 1. The summed E-state index contributed by atoms with van der Waals surface area (Å²) in [7, 11) is 0. The molecule has 0 radical (unpaired) electrons. The van der Waals surface area contributed by atoms with Crippen LogP contribution in [0.1, 0.15) is 77.7 Å². The van der Waals surface area contributed by atoms with E-state index >= 15 is 0 Å². The molecule has 36 heavy (non-hydrogen) atoms. The maximum absolute atomic E-state index is 13.1. The minimum Gasteiger partial charge on any atom is -0.458 e. The SMILES string of the molecule is CC(=O)[C@@H]1CC[C@@]2(O)[C@]1(C)[C@H](OC(=O)C=Cc1ccccc1)C[C@@H]1[C@@]3(C)CC[C@H](O)C[C@@H]3CC[C@]12O. The molecule has 0 unspecified atom stereocenters. The first-order valence-electron chi connectivity index (χ1n) is 13.5. The van der Waals surface area contributed by atoms with Crippen molar-refractivity contribution in [2.75, 3.05) is 0 Å². The number of aliphatic hydroxyl groups is 3. The fraction of sp³-hybridized carbons (Fsp3) is 0.667. The number of rotatable bonds is 4. The normalized spacial score (nSPS) is 46.0. The minimum atomic E-state index is -1.54. The van der Waals surface area contributed by atoms with E-state index in [4.69, 9.17) is 4.74 Å². The summed E-state index contributed by atoms with van der Waals surface area (Å²) in [6.07, 6.45) is 6.49. The Labute approximate surface area is 213 Å². The first kappa shape index (κ1) is 25.6. The van der Waals surface area contributed by atoms with Gasteiger partial charge in [0.1, 0.15) is 17.5 Å². The third-order valence-corrected chi connectivity index (χ3v) is 11.0. The van der Waals surface area contributed by atoms with Crippen LogP contribution >= 0.6 is 0 Å². The molecule has 5 rings (SSSR count). The minimum absolute atomic E-state index is 0.0444. The number of ketones is 1. The highest BCUT2D eigenvalue weighted by atomic mass is 16.5. The van der Waals surface area contributed by atoms with Gasteiger partial charge in [0, 0.05) is 17.4 Å². The predicted octanol–water partition coefficient (Wildman–Crippen LogP) is 4.06. The van der Waals surface area contributed by atoms with E-state index in [9.17, 15) is 24.9 Å². The second kappa shape index (κ2) is 8.78. The fourth-order valence-corrected chi connectivity index (χ4v) is 8.92. The number of carbonyl (C=O) groups excluding carboxylic acids is 2. The Balaban J connectivity index is 1.53. The van der Waals surface area contributed by atoms with Gasteiger partial charge in [-0.15, -0.1) is 0 Å². The van der Waals surface area contributed by atoms with E-state index in [1.807, 2.05) is 37.3 Å². The molecule has 196 valence electrons. The van der Waals surface area contributed by atoms with E-state index in [1.165, 1.54) is 13.0 Å². The lowest BCUT2D eigenvalue weighted by Crippen LogP contribution is -2.76. The molecule has 3 N–H and O–H groups in total. The third-order valence-electron chi connectivity index (χ3n) is 11.0. The van der Waals surface area contributed by atoms with Crippen LogP contribution in [0.3, 0.4) is 0 Å². The summed E-state index contributed by atoms with van der Waals surface area (Å²) >= 11 is 0. The van der Waals surface area contributed by atoms with Gasteiger partial charge in [-0.3, -0.25) is 4.79 Å². The second-order valence-electron chi connectivity index (χ2n) is 12.4. The van der Waals surface area contributed by atoms with Gasteiger partial charge in [0.15, 0.2) is 0 Å². The van der Waals surface area contributed by atoms with Gasteiger partial charge in [0.2, 0.25) is 0 Å². The summed E-state index contributed by atoms with van der Waals surface area (Å²) in [5.74, 6) is -1.11. The van der Waals surface area contributed by atoms with Gasteiger partial charge in [0.05, 0.1) is 11.7 Å². The summed E-state index contributed by atoms with van der Waals surface area (Å²) in [5, 5.41) is 35.2. The zero-order valence-electron chi connectivity index (χ0n) is 21.7. The molecule has 6 nitrogen and oxygen atoms in total. The number of fused-ring (bicyclic) bond motifs is 5. The largest absolute Gasteiger partial charge is 0.458 e. The van der Waals surface area contributed by atoms with E-state index in [2.05, 4.69) is 6.92 Å². The van der Waals surface area contributed by atoms with Crippen LogP contribution in [0.5, 0.6) is 0 Å². The average Bonchev–Trinajstić information content (AvgIpc) is 3.14. The molecular weight excluding hydrogens is 456 g/mol. The van der Waals surface area contributed by atoms with E-state index in [0.717, 1.165) is 18.4 Å². The summed E-state index contributed by atoms with van der Waals surface area (Å²) in [6.45, 7) is 5.56. The standard InChI is InChI=1S/C30H40O6/c1-19(31)23-13-16-30(35)28(23,3)25(36-26(33)10-9-20-7-5-4-6-8-20)18-24-27(2)14-12-22(32)17-21(27)11-15-29(24,30)34/h4-10,21-25,32,34-35H,11-18H2,1-3H3/t21-,22-,23-,24+,25+,27-,28-,29-,30+/m0/s1. The van der Waals surface area contributed by atoms with Crippen LogP contribution < -0.4 is 0 Å². The maximum Gasteiger partial charge on any atom is 0.331 e. The maximum atomic E-state index is 13.1. The highest BCUT2D eigenvalue weighted by Crippen LogP contribution is 2.71. The Kier molecular flexibility index (Phi) is 6.25. The van der Waals surface area contributed by atoms with E-state index < -0.39 is 34.6 Å². The van der Waals surface area contributed by atoms with Crippen LogP contribution in [0, 0.1) is 28.6 Å². The van der Waals surface area contributed by atoms with Crippen molar-refractivity contribution in [3.05, 3.63) is 42.0 Å². The number of ether oxygens (including phenoxy) is 1. The molecule has 1 aromatic carbocycles. The number of benzene rings is 1. The predicted molar refractivity (Wildman–Crippen MR) is 136 cm³/mol. The van der Waals surface area contributed by atoms with E-state index in [0.29, 0.717) is 38.5 Å². The van der Waals surface area contributed by atoms with Crippen molar-refractivity contribution in [3.8, 4) is 0 Å². The topological polar surface area (TPSA) is 104 Å². The van der Waals surface area contributed by atoms with Crippen LogP contribution in [0.2, 0.25) is 0 Å². The van der Waals surface area contributed by atoms with Crippen molar-refractivity contribution in [1.29, 1.82) is 0 Å². The van der Waals surface area contributed by atoms with Crippen LogP contribution in [-0.2, 0) is 14.3 Å². The monoisotopic (exact) mass is 496 g/mol. The number of carbonyl (C=O) groups is 2. The van der Waals surface area contributed by atoms with Gasteiger partial charge >= 0.3 is 5.97 Å². The molecule has 0 heterocycles. The Morgan fingerprint density at radius 3 is 2.42 bits per heavy atom. The zero-order valence-corrected chi connectivity index (χ0v) is 21.7. The molecule has 0 amide bonds. The van der Waals surface area contributed by atoms with Gasteiger partial charge in [0.25, 0.3) is 0 Å². The summed E-state index contributed by atoms with van der Waals surface area (Å²) in [4.78, 5) is 25.9. The van der Waals surface area contributed by atoms with Crippen LogP contribution in [0.25, 0.3) is 6.08 Å². The fourth-order valence-electron chi connectivity index (χ4n) is 8.92. The lowest BCUT2D eigenvalue weighted by atomic mass is 9.40. The van der Waals surface area contributed by atoms with Gasteiger partial charge in [-0.1, -0.05) is 44.2 Å². The van der Waals surface area contributed by atoms with Gasteiger partial charge in [-0.05, 0) is 87.2 Å². The summed E-state index contributed by atoms with van der Waals surface area (Å²) in [6, 6.07) is 9.49. The molecule has 0 saturated heterocycles. The molecule has 0 aliphatic heterocycles. The zero-order chi connectivity index (χ0) is 25.9. The smallest absolute Gasteiger partial charge is 0.331 e. The number of aliphatic hydroxyl groups excluding tert-OH is 1. The molecule has 9 atom stereocenters. The molecule has 4 aliphatic carbocycles. The summed E-state index contributed by atoms with van der Waals surface area (Å²) in [5.41, 5.74) is -3.42.